The van der Waals surface area contributed by atoms with Gasteiger partial charge in [-0.1, -0.05) is 26.0 Å². The SMILES string of the molecule is COc1cccc2c(C(C)C)c(C)cnc12. The van der Waals surface area contributed by atoms with Crippen molar-refractivity contribution < 1.29 is 4.74 Å². The highest BCUT2D eigenvalue weighted by Gasteiger charge is 2.11. The van der Waals surface area contributed by atoms with Gasteiger partial charge in [0.15, 0.2) is 0 Å². The fraction of sp³-hybridized carbons (Fsp3) is 0.357. The summed E-state index contributed by atoms with van der Waals surface area (Å²) >= 11 is 0. The number of hydrogen-bond donors (Lipinski definition) is 0. The van der Waals surface area contributed by atoms with Crippen LogP contribution in [0.4, 0.5) is 0 Å². The lowest BCUT2D eigenvalue weighted by molar-refractivity contribution is 0.419. The van der Waals surface area contributed by atoms with E-state index in [1.54, 1.807) is 7.11 Å². The summed E-state index contributed by atoms with van der Waals surface area (Å²) in [6.07, 6.45) is 1.93. The van der Waals surface area contributed by atoms with E-state index < -0.39 is 0 Å². The van der Waals surface area contributed by atoms with Gasteiger partial charge in [-0.2, -0.15) is 0 Å². The highest BCUT2D eigenvalue weighted by Crippen LogP contribution is 2.31. The van der Waals surface area contributed by atoms with Crippen molar-refractivity contribution in [1.82, 2.24) is 4.98 Å². The summed E-state index contributed by atoms with van der Waals surface area (Å²) in [5, 5.41) is 1.20. The van der Waals surface area contributed by atoms with E-state index in [-0.39, 0.29) is 0 Å². The van der Waals surface area contributed by atoms with E-state index in [9.17, 15) is 0 Å². The molecule has 2 heteroatoms. The van der Waals surface area contributed by atoms with Crippen molar-refractivity contribution in [2.24, 2.45) is 0 Å². The van der Waals surface area contributed by atoms with Crippen molar-refractivity contribution >= 4 is 10.9 Å². The number of ether oxygens (including phenoxy) is 1. The number of aryl methyl sites for hydroxylation is 1. The van der Waals surface area contributed by atoms with Gasteiger partial charge in [0.25, 0.3) is 0 Å². The van der Waals surface area contributed by atoms with E-state index in [0.29, 0.717) is 5.92 Å². The third kappa shape index (κ3) is 1.64. The van der Waals surface area contributed by atoms with Gasteiger partial charge in [-0.05, 0) is 30.0 Å². The van der Waals surface area contributed by atoms with Crippen LogP contribution < -0.4 is 4.74 Å². The first-order valence-corrected chi connectivity index (χ1v) is 5.57. The average Bonchev–Trinajstić information content (AvgIpc) is 2.27. The highest BCUT2D eigenvalue weighted by atomic mass is 16.5. The molecule has 0 unspecified atom stereocenters. The molecule has 84 valence electrons. The number of pyridine rings is 1. The van der Waals surface area contributed by atoms with Gasteiger partial charge in [-0.25, -0.2) is 0 Å². The second-order valence-corrected chi connectivity index (χ2v) is 4.37. The quantitative estimate of drug-likeness (QED) is 0.762. The normalized spacial score (nSPS) is 11.1. The largest absolute Gasteiger partial charge is 0.494 e. The number of aromatic nitrogens is 1. The molecule has 0 aliphatic carbocycles. The Morgan fingerprint density at radius 3 is 2.62 bits per heavy atom. The number of hydrogen-bond acceptors (Lipinski definition) is 2. The van der Waals surface area contributed by atoms with Crippen LogP contribution in [0.15, 0.2) is 24.4 Å². The zero-order valence-corrected chi connectivity index (χ0v) is 10.2. The minimum Gasteiger partial charge on any atom is -0.494 e. The Morgan fingerprint density at radius 1 is 1.25 bits per heavy atom. The lowest BCUT2D eigenvalue weighted by Crippen LogP contribution is -1.97. The molecule has 0 spiro atoms. The maximum Gasteiger partial charge on any atom is 0.145 e. The van der Waals surface area contributed by atoms with Gasteiger partial charge >= 0.3 is 0 Å². The molecule has 2 nitrogen and oxygen atoms in total. The zero-order valence-electron chi connectivity index (χ0n) is 10.2. The number of nitrogens with zero attached hydrogens (tertiary/aromatic N) is 1. The third-order valence-corrected chi connectivity index (χ3v) is 2.90. The smallest absolute Gasteiger partial charge is 0.145 e. The Kier molecular flexibility index (Phi) is 2.82. The minimum absolute atomic E-state index is 0.498. The molecule has 0 aliphatic heterocycles. The maximum atomic E-state index is 5.34. The summed E-state index contributed by atoms with van der Waals surface area (Å²) in [6.45, 7) is 6.53. The molecule has 1 aromatic heterocycles. The molecule has 0 radical (unpaired) electrons. The van der Waals surface area contributed by atoms with Crippen LogP contribution in [0.5, 0.6) is 5.75 Å². The van der Waals surface area contributed by atoms with Crippen molar-refractivity contribution in [3.63, 3.8) is 0 Å². The van der Waals surface area contributed by atoms with Crippen molar-refractivity contribution in [2.75, 3.05) is 7.11 Å². The molecule has 0 atom stereocenters. The maximum absolute atomic E-state index is 5.34. The fourth-order valence-electron chi connectivity index (χ4n) is 2.25. The number of methoxy groups -OCH3 is 1. The van der Waals surface area contributed by atoms with Gasteiger partial charge in [0.2, 0.25) is 0 Å². The average molecular weight is 215 g/mol. The molecule has 2 rings (SSSR count). The van der Waals surface area contributed by atoms with Crippen molar-refractivity contribution in [3.8, 4) is 5.75 Å². The molecular formula is C14H17NO. The lowest BCUT2D eigenvalue weighted by atomic mass is 9.95. The van der Waals surface area contributed by atoms with Crippen molar-refractivity contribution in [2.45, 2.75) is 26.7 Å². The number of para-hydroxylation sites is 1. The number of benzene rings is 1. The topological polar surface area (TPSA) is 22.1 Å². The molecule has 16 heavy (non-hydrogen) atoms. The standard InChI is InChI=1S/C14H17NO/c1-9(2)13-10(3)8-15-14-11(13)6-5-7-12(14)16-4/h5-9H,1-4H3. The fourth-order valence-corrected chi connectivity index (χ4v) is 2.25. The summed E-state index contributed by atoms with van der Waals surface area (Å²) in [6, 6.07) is 6.09. The van der Waals surface area contributed by atoms with E-state index in [1.807, 2.05) is 18.3 Å². The summed E-state index contributed by atoms with van der Waals surface area (Å²) in [5.41, 5.74) is 3.57. The number of rotatable bonds is 2. The van der Waals surface area contributed by atoms with Gasteiger partial charge in [-0.3, -0.25) is 4.98 Å². The summed E-state index contributed by atoms with van der Waals surface area (Å²) in [7, 11) is 1.69. The predicted octanol–water partition coefficient (Wildman–Crippen LogP) is 3.68. The predicted molar refractivity (Wildman–Crippen MR) is 67.1 cm³/mol. The van der Waals surface area contributed by atoms with Crippen LogP contribution in [0.2, 0.25) is 0 Å². The van der Waals surface area contributed by atoms with E-state index >= 15 is 0 Å². The van der Waals surface area contributed by atoms with E-state index in [4.69, 9.17) is 4.74 Å². The summed E-state index contributed by atoms with van der Waals surface area (Å²) in [4.78, 5) is 4.47. The van der Waals surface area contributed by atoms with Crippen LogP contribution in [0.3, 0.4) is 0 Å². The van der Waals surface area contributed by atoms with Gasteiger partial charge in [-0.15, -0.1) is 0 Å². The molecule has 0 saturated heterocycles. The molecule has 1 aromatic carbocycles. The molecule has 2 aromatic rings. The number of fused-ring (bicyclic) bond motifs is 1. The Bertz CT molecular complexity index is 517. The Labute approximate surface area is 96.3 Å². The molecule has 0 N–H and O–H groups in total. The second-order valence-electron chi connectivity index (χ2n) is 4.37. The first-order chi connectivity index (χ1) is 7.65. The first-order valence-electron chi connectivity index (χ1n) is 5.57. The Morgan fingerprint density at radius 2 is 2.00 bits per heavy atom. The van der Waals surface area contributed by atoms with Crippen LogP contribution in [0.25, 0.3) is 10.9 Å². The summed E-state index contributed by atoms with van der Waals surface area (Å²) < 4.78 is 5.34. The van der Waals surface area contributed by atoms with E-state index in [2.05, 4.69) is 31.8 Å². The van der Waals surface area contributed by atoms with E-state index in [0.717, 1.165) is 11.3 Å². The molecular weight excluding hydrogens is 198 g/mol. The van der Waals surface area contributed by atoms with Gasteiger partial charge < -0.3 is 4.74 Å². The van der Waals surface area contributed by atoms with Crippen LogP contribution in [-0.2, 0) is 0 Å². The second kappa shape index (κ2) is 4.12. The molecule has 0 aliphatic rings. The molecule has 0 fully saturated rings. The first kappa shape index (κ1) is 10.9. The van der Waals surface area contributed by atoms with E-state index in [1.165, 1.54) is 16.5 Å². The molecule has 0 saturated carbocycles. The minimum atomic E-state index is 0.498. The van der Waals surface area contributed by atoms with Crippen LogP contribution in [-0.4, -0.2) is 12.1 Å². The van der Waals surface area contributed by atoms with Crippen molar-refractivity contribution in [1.29, 1.82) is 0 Å². The third-order valence-electron chi connectivity index (χ3n) is 2.90. The molecule has 0 bridgehead atoms. The zero-order chi connectivity index (χ0) is 11.7. The Hall–Kier alpha value is -1.57. The van der Waals surface area contributed by atoms with Crippen LogP contribution in [0, 0.1) is 6.92 Å². The van der Waals surface area contributed by atoms with Gasteiger partial charge in [0.05, 0.1) is 7.11 Å². The summed E-state index contributed by atoms with van der Waals surface area (Å²) in [5.74, 6) is 1.34. The highest BCUT2D eigenvalue weighted by molar-refractivity contribution is 5.88. The Balaban J connectivity index is 2.83. The van der Waals surface area contributed by atoms with Crippen molar-refractivity contribution in [3.05, 3.63) is 35.5 Å². The molecule has 0 amide bonds. The van der Waals surface area contributed by atoms with Gasteiger partial charge in [0.1, 0.15) is 11.3 Å². The molecule has 1 heterocycles. The van der Waals surface area contributed by atoms with Crippen LogP contribution >= 0.6 is 0 Å². The lowest BCUT2D eigenvalue weighted by Gasteiger charge is -2.14. The van der Waals surface area contributed by atoms with Gasteiger partial charge in [0, 0.05) is 11.6 Å². The van der Waals surface area contributed by atoms with Crippen LogP contribution in [0.1, 0.15) is 30.9 Å². The monoisotopic (exact) mass is 215 g/mol.